The van der Waals surface area contributed by atoms with Gasteiger partial charge in [-0.15, -0.1) is 0 Å². The lowest BCUT2D eigenvalue weighted by atomic mass is 10.2. The van der Waals surface area contributed by atoms with E-state index in [1.54, 1.807) is 6.07 Å². The lowest BCUT2D eigenvalue weighted by molar-refractivity contribution is 0.0997. The number of hydrogen-bond acceptors (Lipinski definition) is 2. The molecule has 0 unspecified atom stereocenters. The summed E-state index contributed by atoms with van der Waals surface area (Å²) in [6, 6.07) is 9.23. The van der Waals surface area contributed by atoms with Crippen LogP contribution in [0.5, 0.6) is 0 Å². The van der Waals surface area contributed by atoms with Crippen molar-refractivity contribution in [2.24, 2.45) is 12.0 Å². The third kappa shape index (κ3) is 2.69. The number of benzene rings is 2. The first-order valence-corrected chi connectivity index (χ1v) is 7.75. The second-order valence-electron chi connectivity index (χ2n) is 4.94. The van der Waals surface area contributed by atoms with E-state index in [9.17, 15) is 9.18 Å². The zero-order chi connectivity index (χ0) is 15.9. The molecular weight excluding hydrogens is 323 g/mol. The van der Waals surface area contributed by atoms with E-state index < -0.39 is 11.7 Å². The Bertz CT molecular complexity index is 958. The fourth-order valence-electron chi connectivity index (χ4n) is 2.35. The Morgan fingerprint density at radius 3 is 2.82 bits per heavy atom. The van der Waals surface area contributed by atoms with Crippen molar-refractivity contribution >= 4 is 39.1 Å². The van der Waals surface area contributed by atoms with Crippen LogP contribution < -0.4 is 4.80 Å². The molecule has 0 saturated heterocycles. The van der Waals surface area contributed by atoms with Crippen LogP contribution in [0.1, 0.15) is 15.9 Å². The van der Waals surface area contributed by atoms with Crippen molar-refractivity contribution in [1.29, 1.82) is 0 Å². The molecule has 3 rings (SSSR count). The van der Waals surface area contributed by atoms with Gasteiger partial charge in [-0.2, -0.15) is 4.99 Å². The lowest BCUT2D eigenvalue weighted by Gasteiger charge is -2.00. The summed E-state index contributed by atoms with van der Waals surface area (Å²) in [5.41, 5.74) is 2.23. The molecule has 0 aliphatic rings. The van der Waals surface area contributed by atoms with Crippen LogP contribution in [0.15, 0.2) is 41.4 Å². The Labute approximate surface area is 135 Å². The quantitative estimate of drug-likeness (QED) is 0.660. The first-order chi connectivity index (χ1) is 10.5. The zero-order valence-electron chi connectivity index (χ0n) is 11.9. The first kappa shape index (κ1) is 14.9. The molecule has 22 heavy (non-hydrogen) atoms. The van der Waals surface area contributed by atoms with Gasteiger partial charge in [0.15, 0.2) is 4.80 Å². The Morgan fingerprint density at radius 1 is 1.32 bits per heavy atom. The van der Waals surface area contributed by atoms with E-state index in [0.717, 1.165) is 15.8 Å². The highest BCUT2D eigenvalue weighted by atomic mass is 35.5. The molecule has 112 valence electrons. The molecule has 1 amide bonds. The fourth-order valence-corrected chi connectivity index (χ4v) is 3.82. The van der Waals surface area contributed by atoms with Crippen LogP contribution in [0, 0.1) is 12.7 Å². The highest BCUT2D eigenvalue weighted by molar-refractivity contribution is 7.16. The smallest absolute Gasteiger partial charge is 0.279 e. The number of hydrogen-bond donors (Lipinski definition) is 0. The van der Waals surface area contributed by atoms with E-state index in [1.165, 1.54) is 29.5 Å². The SMILES string of the molecule is Cc1cc(Cl)cc2sc(=NC(=O)c3cccc(F)c3)n(C)c12. The predicted molar refractivity (Wildman–Crippen MR) is 86.8 cm³/mol. The van der Waals surface area contributed by atoms with Crippen LogP contribution in [0.4, 0.5) is 4.39 Å². The fraction of sp³-hybridized carbons (Fsp3) is 0.125. The Balaban J connectivity index is 2.16. The maximum Gasteiger partial charge on any atom is 0.279 e. The molecule has 0 aliphatic heterocycles. The Morgan fingerprint density at radius 2 is 2.09 bits per heavy atom. The molecule has 0 aliphatic carbocycles. The summed E-state index contributed by atoms with van der Waals surface area (Å²) in [5, 5.41) is 0.648. The van der Waals surface area contributed by atoms with Gasteiger partial charge in [0, 0.05) is 17.6 Å². The molecule has 0 N–H and O–H groups in total. The molecule has 1 heterocycles. The number of rotatable bonds is 1. The molecule has 1 aromatic heterocycles. The topological polar surface area (TPSA) is 34.4 Å². The van der Waals surface area contributed by atoms with Gasteiger partial charge in [0.05, 0.1) is 10.2 Å². The van der Waals surface area contributed by atoms with Gasteiger partial charge in [-0.1, -0.05) is 29.0 Å². The minimum atomic E-state index is -0.467. The van der Waals surface area contributed by atoms with Gasteiger partial charge in [0.25, 0.3) is 5.91 Å². The molecule has 6 heteroatoms. The van der Waals surface area contributed by atoms with E-state index in [-0.39, 0.29) is 5.56 Å². The van der Waals surface area contributed by atoms with Crippen molar-refractivity contribution in [3.8, 4) is 0 Å². The van der Waals surface area contributed by atoms with E-state index in [4.69, 9.17) is 11.6 Å². The minimum Gasteiger partial charge on any atom is -0.319 e. The van der Waals surface area contributed by atoms with Gasteiger partial charge in [0.1, 0.15) is 5.82 Å². The number of halogens is 2. The molecule has 0 bridgehead atoms. The summed E-state index contributed by atoms with van der Waals surface area (Å²) in [7, 11) is 1.84. The second kappa shape index (κ2) is 5.66. The number of aromatic nitrogens is 1. The van der Waals surface area contributed by atoms with Gasteiger partial charge in [-0.05, 0) is 42.8 Å². The number of carbonyl (C=O) groups excluding carboxylic acids is 1. The van der Waals surface area contributed by atoms with Gasteiger partial charge >= 0.3 is 0 Å². The third-order valence-electron chi connectivity index (χ3n) is 3.32. The average Bonchev–Trinajstić information content (AvgIpc) is 2.75. The largest absolute Gasteiger partial charge is 0.319 e. The first-order valence-electron chi connectivity index (χ1n) is 6.56. The number of aryl methyl sites for hydroxylation is 2. The van der Waals surface area contributed by atoms with Gasteiger partial charge in [-0.25, -0.2) is 4.39 Å². The number of carbonyl (C=O) groups is 1. The molecule has 3 aromatic rings. The highest BCUT2D eigenvalue weighted by Gasteiger charge is 2.10. The second-order valence-corrected chi connectivity index (χ2v) is 6.39. The van der Waals surface area contributed by atoms with Crippen LogP contribution in [0.2, 0.25) is 5.02 Å². The number of thiazole rings is 1. The van der Waals surface area contributed by atoms with Gasteiger partial charge < -0.3 is 4.57 Å². The predicted octanol–water partition coefficient (Wildman–Crippen LogP) is 4.08. The van der Waals surface area contributed by atoms with Gasteiger partial charge in [0.2, 0.25) is 0 Å². The van der Waals surface area contributed by atoms with Crippen LogP contribution in [-0.4, -0.2) is 10.5 Å². The Kier molecular flexibility index (Phi) is 3.85. The number of fused-ring (bicyclic) bond motifs is 1. The van der Waals surface area contributed by atoms with Gasteiger partial charge in [-0.3, -0.25) is 4.79 Å². The van der Waals surface area contributed by atoms with Crippen LogP contribution in [0.3, 0.4) is 0 Å². The normalized spacial score (nSPS) is 12.1. The molecule has 0 saturated carbocycles. The molecule has 0 radical (unpaired) electrons. The lowest BCUT2D eigenvalue weighted by Crippen LogP contribution is -2.13. The summed E-state index contributed by atoms with van der Waals surface area (Å²) < 4.78 is 16.0. The highest BCUT2D eigenvalue weighted by Crippen LogP contribution is 2.25. The van der Waals surface area contributed by atoms with Crippen molar-refractivity contribution in [2.45, 2.75) is 6.92 Å². The van der Waals surface area contributed by atoms with Crippen molar-refractivity contribution < 1.29 is 9.18 Å². The van der Waals surface area contributed by atoms with Crippen molar-refractivity contribution in [3.63, 3.8) is 0 Å². The minimum absolute atomic E-state index is 0.229. The molecule has 0 fully saturated rings. The summed E-state index contributed by atoms with van der Waals surface area (Å²) in [6.45, 7) is 1.96. The van der Waals surface area contributed by atoms with Crippen molar-refractivity contribution in [2.75, 3.05) is 0 Å². The summed E-state index contributed by atoms with van der Waals surface area (Å²) in [6.07, 6.45) is 0. The zero-order valence-corrected chi connectivity index (χ0v) is 13.5. The molecule has 0 spiro atoms. The average molecular weight is 335 g/mol. The molecular formula is C16H12ClFN2OS. The number of nitrogens with zero attached hydrogens (tertiary/aromatic N) is 2. The van der Waals surface area contributed by atoms with E-state index >= 15 is 0 Å². The standard InChI is InChI=1S/C16H12ClFN2OS/c1-9-6-11(17)8-13-14(9)20(2)16(22-13)19-15(21)10-4-3-5-12(18)7-10/h3-8H,1-2H3. The molecule has 2 aromatic carbocycles. The summed E-state index contributed by atoms with van der Waals surface area (Å²) >= 11 is 7.44. The number of amides is 1. The maximum absolute atomic E-state index is 13.2. The van der Waals surface area contributed by atoms with Crippen LogP contribution >= 0.6 is 22.9 Å². The molecule has 3 nitrogen and oxygen atoms in total. The Hall–Kier alpha value is -1.98. The summed E-state index contributed by atoms with van der Waals surface area (Å²) in [5.74, 6) is -0.921. The summed E-state index contributed by atoms with van der Waals surface area (Å²) in [4.78, 5) is 16.8. The van der Waals surface area contributed by atoms with Crippen molar-refractivity contribution in [3.05, 3.63) is 63.2 Å². The van der Waals surface area contributed by atoms with Crippen LogP contribution in [-0.2, 0) is 7.05 Å². The van der Waals surface area contributed by atoms with E-state index in [0.29, 0.717) is 9.82 Å². The third-order valence-corrected chi connectivity index (χ3v) is 4.62. The van der Waals surface area contributed by atoms with E-state index in [2.05, 4.69) is 4.99 Å². The molecule has 0 atom stereocenters. The monoisotopic (exact) mass is 334 g/mol. The van der Waals surface area contributed by atoms with Crippen molar-refractivity contribution in [1.82, 2.24) is 4.57 Å². The van der Waals surface area contributed by atoms with Crippen LogP contribution in [0.25, 0.3) is 10.2 Å². The maximum atomic E-state index is 13.2. The van der Waals surface area contributed by atoms with E-state index in [1.807, 2.05) is 30.7 Å².